The van der Waals surface area contributed by atoms with Crippen LogP contribution in [-0.4, -0.2) is 22.4 Å². The number of imidazole rings is 1. The first-order valence-corrected chi connectivity index (χ1v) is 8.43. The Labute approximate surface area is 124 Å². The zero-order chi connectivity index (χ0) is 14.3. The predicted octanol–water partition coefficient (Wildman–Crippen LogP) is 1.87. The van der Waals surface area contributed by atoms with E-state index < -0.39 is 10.0 Å². The molecule has 3 heterocycles. The predicted molar refractivity (Wildman–Crippen MR) is 77.5 cm³/mol. The summed E-state index contributed by atoms with van der Waals surface area (Å²) >= 11 is 7.26. The Hall–Kier alpha value is -1.35. The molecular weight excluding hydrogens is 320 g/mol. The Kier molecular flexibility index (Phi) is 3.33. The van der Waals surface area contributed by atoms with Gasteiger partial charge in [-0.05, 0) is 11.6 Å². The number of nitrogens with zero attached hydrogens (tertiary/aromatic N) is 3. The van der Waals surface area contributed by atoms with Crippen LogP contribution in [0.3, 0.4) is 0 Å². The molecule has 0 saturated carbocycles. The second kappa shape index (κ2) is 4.88. The third-order valence-electron chi connectivity index (χ3n) is 2.79. The Balaban J connectivity index is 1.91. The summed E-state index contributed by atoms with van der Waals surface area (Å²) in [5.74, 6) is 0. The summed E-state index contributed by atoms with van der Waals surface area (Å²) in [5.41, 5.74) is 0.873. The molecule has 3 aromatic heterocycles. The van der Waals surface area contributed by atoms with Gasteiger partial charge in [0.25, 0.3) is 10.0 Å². The molecule has 0 radical (unpaired) electrons. The van der Waals surface area contributed by atoms with Gasteiger partial charge in [0.15, 0.2) is 15.1 Å². The van der Waals surface area contributed by atoms with Gasteiger partial charge in [-0.3, -0.25) is 4.40 Å². The van der Waals surface area contributed by atoms with Crippen LogP contribution < -0.4 is 4.72 Å². The molecule has 20 heavy (non-hydrogen) atoms. The SMILES string of the molecule is Cn1ccc(CNS(=O)(=O)c2c(Cl)nc3sccn23)c1. The van der Waals surface area contributed by atoms with Crippen molar-refractivity contribution in [1.82, 2.24) is 18.7 Å². The van der Waals surface area contributed by atoms with Crippen molar-refractivity contribution >= 4 is 37.9 Å². The van der Waals surface area contributed by atoms with Crippen LogP contribution in [-0.2, 0) is 23.6 Å². The number of aromatic nitrogens is 3. The summed E-state index contributed by atoms with van der Waals surface area (Å²) in [5, 5.41) is 1.72. The van der Waals surface area contributed by atoms with Gasteiger partial charge in [0.1, 0.15) is 0 Å². The average Bonchev–Trinajstić information content (AvgIpc) is 3.02. The van der Waals surface area contributed by atoms with Crippen LogP contribution >= 0.6 is 22.9 Å². The lowest BCUT2D eigenvalue weighted by molar-refractivity contribution is 0.576. The molecular formula is C11H11ClN4O2S2. The van der Waals surface area contributed by atoms with Gasteiger partial charge in [0.05, 0.1) is 0 Å². The van der Waals surface area contributed by atoms with E-state index in [2.05, 4.69) is 9.71 Å². The molecule has 106 valence electrons. The monoisotopic (exact) mass is 330 g/mol. The van der Waals surface area contributed by atoms with Crippen LogP contribution in [0.1, 0.15) is 5.56 Å². The van der Waals surface area contributed by atoms with Crippen molar-refractivity contribution in [1.29, 1.82) is 0 Å². The maximum Gasteiger partial charge on any atom is 0.260 e. The fraction of sp³-hybridized carbons (Fsp3) is 0.182. The summed E-state index contributed by atoms with van der Waals surface area (Å²) in [6.07, 6.45) is 5.34. The Morgan fingerprint density at radius 2 is 2.25 bits per heavy atom. The van der Waals surface area contributed by atoms with Crippen LogP contribution in [0.2, 0.25) is 5.15 Å². The lowest BCUT2D eigenvalue weighted by Crippen LogP contribution is -2.24. The van der Waals surface area contributed by atoms with Crippen molar-refractivity contribution in [3.05, 3.63) is 40.8 Å². The molecule has 0 aliphatic rings. The van der Waals surface area contributed by atoms with E-state index in [4.69, 9.17) is 11.6 Å². The Morgan fingerprint density at radius 3 is 2.95 bits per heavy atom. The van der Waals surface area contributed by atoms with Gasteiger partial charge >= 0.3 is 0 Å². The number of rotatable bonds is 4. The molecule has 0 unspecified atom stereocenters. The lowest BCUT2D eigenvalue weighted by Gasteiger charge is -2.05. The molecule has 9 heteroatoms. The lowest BCUT2D eigenvalue weighted by atomic mass is 10.4. The molecule has 3 rings (SSSR count). The molecule has 0 aliphatic carbocycles. The Bertz CT molecular complexity index is 862. The van der Waals surface area contributed by atoms with Crippen LogP contribution in [0.4, 0.5) is 0 Å². The second-order valence-corrected chi connectivity index (χ2v) is 7.19. The van der Waals surface area contributed by atoms with E-state index in [1.165, 1.54) is 15.7 Å². The third-order valence-corrected chi connectivity index (χ3v) is 5.35. The van der Waals surface area contributed by atoms with Crippen LogP contribution in [0.15, 0.2) is 35.1 Å². The van der Waals surface area contributed by atoms with Crippen LogP contribution in [0.5, 0.6) is 0 Å². The van der Waals surface area contributed by atoms with Crippen molar-refractivity contribution in [2.24, 2.45) is 7.05 Å². The topological polar surface area (TPSA) is 68.4 Å². The second-order valence-electron chi connectivity index (χ2n) is 4.27. The molecule has 0 amide bonds. The molecule has 0 aromatic carbocycles. The number of thiazole rings is 1. The van der Waals surface area contributed by atoms with E-state index in [9.17, 15) is 8.42 Å². The fourth-order valence-electron chi connectivity index (χ4n) is 1.89. The van der Waals surface area contributed by atoms with Crippen molar-refractivity contribution in [3.63, 3.8) is 0 Å². The highest BCUT2D eigenvalue weighted by molar-refractivity contribution is 7.89. The molecule has 0 atom stereocenters. The first-order valence-electron chi connectivity index (χ1n) is 5.69. The molecule has 0 bridgehead atoms. The van der Waals surface area contributed by atoms with Gasteiger partial charge in [0, 0.05) is 37.6 Å². The number of nitrogens with one attached hydrogen (secondary N) is 1. The smallest absolute Gasteiger partial charge is 0.260 e. The standard InChI is InChI=1S/C11H11ClN4O2S2/c1-15-3-2-8(7-15)6-13-20(17,18)10-9(12)14-11-16(10)4-5-19-11/h2-5,7,13H,6H2,1H3. The summed E-state index contributed by atoms with van der Waals surface area (Å²) < 4.78 is 30.6. The van der Waals surface area contributed by atoms with E-state index in [1.807, 2.05) is 30.1 Å². The molecule has 0 spiro atoms. The summed E-state index contributed by atoms with van der Waals surface area (Å²) in [6.45, 7) is 0.205. The van der Waals surface area contributed by atoms with Gasteiger partial charge in [-0.1, -0.05) is 11.6 Å². The molecule has 1 N–H and O–H groups in total. The number of hydrogen-bond donors (Lipinski definition) is 1. The fourth-order valence-corrected chi connectivity index (χ4v) is 4.36. The minimum atomic E-state index is -3.72. The normalized spacial score (nSPS) is 12.3. The van der Waals surface area contributed by atoms with Gasteiger partial charge in [0.2, 0.25) is 0 Å². The number of aryl methyl sites for hydroxylation is 1. The molecule has 0 fully saturated rings. The molecule has 6 nitrogen and oxygen atoms in total. The maximum absolute atomic E-state index is 12.3. The van der Waals surface area contributed by atoms with E-state index in [0.717, 1.165) is 5.56 Å². The van der Waals surface area contributed by atoms with Crippen LogP contribution in [0.25, 0.3) is 4.96 Å². The third kappa shape index (κ3) is 2.35. The average molecular weight is 331 g/mol. The van der Waals surface area contributed by atoms with Gasteiger partial charge < -0.3 is 4.57 Å². The van der Waals surface area contributed by atoms with Crippen molar-refractivity contribution in [2.45, 2.75) is 11.6 Å². The number of sulfonamides is 1. The summed E-state index contributed by atoms with van der Waals surface area (Å²) in [4.78, 5) is 4.57. The van der Waals surface area contributed by atoms with E-state index in [-0.39, 0.29) is 16.7 Å². The first-order chi connectivity index (χ1) is 9.47. The molecule has 3 aromatic rings. The quantitative estimate of drug-likeness (QED) is 0.794. The maximum atomic E-state index is 12.3. The van der Waals surface area contributed by atoms with E-state index in [0.29, 0.717) is 4.96 Å². The van der Waals surface area contributed by atoms with Gasteiger partial charge in [-0.15, -0.1) is 11.3 Å². The highest BCUT2D eigenvalue weighted by Gasteiger charge is 2.24. The molecule has 0 saturated heterocycles. The van der Waals surface area contributed by atoms with E-state index in [1.54, 1.807) is 11.6 Å². The zero-order valence-electron chi connectivity index (χ0n) is 10.4. The highest BCUT2D eigenvalue weighted by atomic mass is 35.5. The summed E-state index contributed by atoms with van der Waals surface area (Å²) in [7, 11) is -1.84. The molecule has 0 aliphatic heterocycles. The largest absolute Gasteiger partial charge is 0.357 e. The van der Waals surface area contributed by atoms with Crippen molar-refractivity contribution < 1.29 is 8.42 Å². The van der Waals surface area contributed by atoms with E-state index >= 15 is 0 Å². The van der Waals surface area contributed by atoms with Gasteiger partial charge in [-0.2, -0.15) is 0 Å². The number of hydrogen-bond acceptors (Lipinski definition) is 4. The first kappa shape index (κ1) is 13.6. The number of fused-ring (bicyclic) bond motifs is 1. The zero-order valence-corrected chi connectivity index (χ0v) is 12.8. The summed E-state index contributed by atoms with van der Waals surface area (Å²) in [6, 6.07) is 1.85. The Morgan fingerprint density at radius 1 is 1.45 bits per heavy atom. The van der Waals surface area contributed by atoms with Crippen LogP contribution in [0, 0.1) is 0 Å². The minimum Gasteiger partial charge on any atom is -0.357 e. The van der Waals surface area contributed by atoms with Gasteiger partial charge in [-0.25, -0.2) is 18.1 Å². The number of halogens is 1. The van der Waals surface area contributed by atoms with Crippen molar-refractivity contribution in [3.8, 4) is 0 Å². The highest BCUT2D eigenvalue weighted by Crippen LogP contribution is 2.25. The van der Waals surface area contributed by atoms with Crippen molar-refractivity contribution in [2.75, 3.05) is 0 Å². The minimum absolute atomic E-state index is 0.0163.